The molecule has 0 unspecified atom stereocenters. The number of imidazole rings is 1. The molecule has 7 heteroatoms. The summed E-state index contributed by atoms with van der Waals surface area (Å²) >= 11 is 0. The van der Waals surface area contributed by atoms with Gasteiger partial charge in [0.05, 0.1) is 17.3 Å². The predicted molar refractivity (Wildman–Crippen MR) is 99.7 cm³/mol. The Bertz CT molecular complexity index is 1140. The molecule has 0 radical (unpaired) electrons. The van der Waals surface area contributed by atoms with Crippen LogP contribution in [0.25, 0.3) is 17.0 Å². The van der Waals surface area contributed by atoms with Gasteiger partial charge in [0.25, 0.3) is 0 Å². The maximum Gasteiger partial charge on any atom is 0.235 e. The number of hydrogen-bond acceptors (Lipinski definition) is 5. The van der Waals surface area contributed by atoms with Crippen LogP contribution in [0.15, 0.2) is 43.0 Å². The molecule has 4 aromatic rings. The minimum atomic E-state index is 0.287. The van der Waals surface area contributed by atoms with Crippen LogP contribution in [0.5, 0.6) is 0 Å². The molecule has 3 heterocycles. The highest BCUT2D eigenvalue weighted by atomic mass is 15.4. The number of nitrogens with two attached hydrogens (primary N) is 1. The van der Waals surface area contributed by atoms with Gasteiger partial charge in [-0.15, -0.1) is 0 Å². The lowest BCUT2D eigenvalue weighted by Crippen LogP contribution is -2.10. The number of anilines is 1. The quantitative estimate of drug-likeness (QED) is 0.564. The van der Waals surface area contributed by atoms with E-state index in [0.717, 1.165) is 22.2 Å². The molecular weight excluding hydrogens is 326 g/mol. The van der Waals surface area contributed by atoms with E-state index in [-0.39, 0.29) is 5.95 Å². The highest BCUT2D eigenvalue weighted by Crippen LogP contribution is 2.22. The number of hydrogen-bond donors (Lipinski definition) is 1. The lowest BCUT2D eigenvalue weighted by Gasteiger charge is -2.06. The number of fused-ring (bicyclic) bond motifs is 1. The molecule has 0 bridgehead atoms. The Balaban J connectivity index is 1.88. The van der Waals surface area contributed by atoms with Gasteiger partial charge in [0, 0.05) is 18.3 Å². The Labute approximate surface area is 150 Å². The fourth-order valence-electron chi connectivity index (χ4n) is 2.81. The van der Waals surface area contributed by atoms with Gasteiger partial charge in [-0.1, -0.05) is 29.5 Å². The predicted octanol–water partition coefficient (Wildman–Crippen LogP) is 2.32. The first kappa shape index (κ1) is 15.8. The minimum Gasteiger partial charge on any atom is -0.368 e. The van der Waals surface area contributed by atoms with E-state index in [9.17, 15) is 0 Å². The summed E-state index contributed by atoms with van der Waals surface area (Å²) in [4.78, 5) is 12.9. The summed E-state index contributed by atoms with van der Waals surface area (Å²) in [5.41, 5.74) is 10.5. The molecule has 2 N–H and O–H groups in total. The fraction of sp³-hybridized carbons (Fsp3) is 0.158. The van der Waals surface area contributed by atoms with Crippen LogP contribution >= 0.6 is 0 Å². The van der Waals surface area contributed by atoms with E-state index in [1.807, 2.05) is 35.8 Å². The van der Waals surface area contributed by atoms with Crippen molar-refractivity contribution < 1.29 is 0 Å². The molecule has 0 saturated heterocycles. The topological polar surface area (TPSA) is 87.4 Å². The van der Waals surface area contributed by atoms with Gasteiger partial charge in [0.15, 0.2) is 0 Å². The van der Waals surface area contributed by atoms with Crippen molar-refractivity contribution in [2.24, 2.45) is 0 Å². The lowest BCUT2D eigenvalue weighted by atomic mass is 10.1. The highest BCUT2D eigenvalue weighted by molar-refractivity contribution is 5.83. The molecule has 0 fully saturated rings. The molecule has 4 rings (SSSR count). The molecule has 0 aliphatic rings. The average molecular weight is 343 g/mol. The summed E-state index contributed by atoms with van der Waals surface area (Å²) in [7, 11) is 0. The van der Waals surface area contributed by atoms with Crippen LogP contribution in [-0.4, -0.2) is 29.3 Å². The number of nitrogen functional groups attached to an aromatic ring is 1. The summed E-state index contributed by atoms with van der Waals surface area (Å²) < 4.78 is 3.53. The highest BCUT2D eigenvalue weighted by Gasteiger charge is 2.16. The minimum absolute atomic E-state index is 0.287. The van der Waals surface area contributed by atoms with Crippen LogP contribution in [0, 0.1) is 18.8 Å². The molecule has 0 spiro atoms. The number of benzene rings is 1. The standard InChI is InChI=1S/C19H17N7/c1-3-25-17-15(9-8-14-6-4-13(2)5-7-14)10-21-11-16(17)24-19(25)26-18(20)22-12-23-26/h4-7,10-12H,3H2,1-2H3,(H2,20,22,23). The third-order valence-electron chi connectivity index (χ3n) is 4.10. The van der Waals surface area contributed by atoms with Gasteiger partial charge >= 0.3 is 0 Å². The lowest BCUT2D eigenvalue weighted by molar-refractivity contribution is 0.705. The van der Waals surface area contributed by atoms with Crippen molar-refractivity contribution in [1.82, 2.24) is 29.3 Å². The van der Waals surface area contributed by atoms with Gasteiger partial charge in [-0.2, -0.15) is 14.8 Å². The first-order chi connectivity index (χ1) is 12.7. The number of rotatable bonds is 2. The van der Waals surface area contributed by atoms with Crippen LogP contribution in [0.3, 0.4) is 0 Å². The van der Waals surface area contributed by atoms with E-state index >= 15 is 0 Å². The van der Waals surface area contributed by atoms with E-state index in [0.29, 0.717) is 12.5 Å². The Morgan fingerprint density at radius 1 is 1.12 bits per heavy atom. The monoisotopic (exact) mass is 343 g/mol. The maximum absolute atomic E-state index is 5.90. The number of nitrogens with zero attached hydrogens (tertiary/aromatic N) is 6. The number of aromatic nitrogens is 6. The van der Waals surface area contributed by atoms with Crippen molar-refractivity contribution in [2.75, 3.05) is 5.73 Å². The molecular formula is C19H17N7. The number of pyridine rings is 1. The molecule has 0 aliphatic heterocycles. The van der Waals surface area contributed by atoms with E-state index in [2.05, 4.69) is 38.8 Å². The zero-order valence-electron chi connectivity index (χ0n) is 14.5. The zero-order chi connectivity index (χ0) is 18.1. The molecule has 0 atom stereocenters. The average Bonchev–Trinajstić information content (AvgIpc) is 3.24. The van der Waals surface area contributed by atoms with Gasteiger partial charge in [0.2, 0.25) is 11.9 Å². The normalized spacial score (nSPS) is 10.7. The molecule has 7 nitrogen and oxygen atoms in total. The Morgan fingerprint density at radius 3 is 2.62 bits per heavy atom. The second kappa shape index (κ2) is 6.33. The molecule has 1 aromatic carbocycles. The van der Waals surface area contributed by atoms with Crippen molar-refractivity contribution in [1.29, 1.82) is 0 Å². The first-order valence-corrected chi connectivity index (χ1v) is 8.26. The van der Waals surface area contributed by atoms with Gasteiger partial charge < -0.3 is 10.3 Å². The van der Waals surface area contributed by atoms with Crippen LogP contribution < -0.4 is 5.73 Å². The van der Waals surface area contributed by atoms with Crippen LogP contribution in [0.2, 0.25) is 0 Å². The SMILES string of the molecule is CCn1c(-n2ncnc2N)nc2cncc(C#Cc3ccc(C)cc3)c21. The molecule has 128 valence electrons. The van der Waals surface area contributed by atoms with Crippen molar-refractivity contribution in [3.05, 3.63) is 59.7 Å². The second-order valence-corrected chi connectivity index (χ2v) is 5.86. The summed E-state index contributed by atoms with van der Waals surface area (Å²) in [6.07, 6.45) is 4.88. The summed E-state index contributed by atoms with van der Waals surface area (Å²) in [5.74, 6) is 7.31. The third-order valence-corrected chi connectivity index (χ3v) is 4.10. The second-order valence-electron chi connectivity index (χ2n) is 5.86. The van der Waals surface area contributed by atoms with Crippen LogP contribution in [0.1, 0.15) is 23.6 Å². The maximum atomic E-state index is 5.90. The van der Waals surface area contributed by atoms with Gasteiger partial charge in [0.1, 0.15) is 11.8 Å². The largest absolute Gasteiger partial charge is 0.368 e. The first-order valence-electron chi connectivity index (χ1n) is 8.26. The van der Waals surface area contributed by atoms with E-state index in [4.69, 9.17) is 5.73 Å². The fourth-order valence-corrected chi connectivity index (χ4v) is 2.81. The van der Waals surface area contributed by atoms with E-state index in [1.54, 1.807) is 12.4 Å². The Morgan fingerprint density at radius 2 is 1.92 bits per heavy atom. The summed E-state index contributed by atoms with van der Waals surface area (Å²) in [6, 6.07) is 8.11. The van der Waals surface area contributed by atoms with E-state index < -0.39 is 0 Å². The summed E-state index contributed by atoms with van der Waals surface area (Å²) in [6.45, 7) is 4.78. The van der Waals surface area contributed by atoms with Gasteiger partial charge in [-0.3, -0.25) is 4.98 Å². The van der Waals surface area contributed by atoms with Crippen LogP contribution in [-0.2, 0) is 6.54 Å². The molecule has 0 amide bonds. The zero-order valence-corrected chi connectivity index (χ0v) is 14.5. The molecule has 0 saturated carbocycles. The Kier molecular flexibility index (Phi) is 3.86. The van der Waals surface area contributed by atoms with Crippen molar-refractivity contribution in [3.63, 3.8) is 0 Å². The van der Waals surface area contributed by atoms with Crippen molar-refractivity contribution >= 4 is 17.0 Å². The Hall–Kier alpha value is -3.66. The molecule has 26 heavy (non-hydrogen) atoms. The smallest absolute Gasteiger partial charge is 0.235 e. The van der Waals surface area contributed by atoms with Crippen molar-refractivity contribution in [2.45, 2.75) is 20.4 Å². The van der Waals surface area contributed by atoms with Crippen LogP contribution in [0.4, 0.5) is 5.95 Å². The van der Waals surface area contributed by atoms with Gasteiger partial charge in [-0.25, -0.2) is 4.98 Å². The third kappa shape index (κ3) is 2.67. The molecule has 0 aliphatic carbocycles. The number of aryl methyl sites for hydroxylation is 2. The van der Waals surface area contributed by atoms with Crippen molar-refractivity contribution in [3.8, 4) is 17.8 Å². The van der Waals surface area contributed by atoms with E-state index in [1.165, 1.54) is 16.6 Å². The summed E-state index contributed by atoms with van der Waals surface area (Å²) in [5, 5.41) is 4.16. The van der Waals surface area contributed by atoms with Gasteiger partial charge in [-0.05, 0) is 26.0 Å². The molecule has 3 aromatic heterocycles.